The molecule has 0 atom stereocenters. The van der Waals surface area contributed by atoms with Gasteiger partial charge < -0.3 is 10.6 Å². The Hall–Kier alpha value is -2.22. The van der Waals surface area contributed by atoms with Gasteiger partial charge in [0.05, 0.1) is 5.56 Å². The van der Waals surface area contributed by atoms with E-state index in [-0.39, 0.29) is 16.7 Å². The number of alkyl halides is 3. The molecule has 8 heteroatoms. The lowest BCUT2D eigenvalue weighted by Gasteiger charge is -2.11. The largest absolute Gasteiger partial charge is 0.417 e. The second kappa shape index (κ2) is 7.36. The number of nitrogens with one attached hydrogen (secondary N) is 2. The summed E-state index contributed by atoms with van der Waals surface area (Å²) in [5.74, 6) is -0.0987. The molecular weight excluding hydrogens is 330 g/mol. The molecule has 0 aliphatic rings. The molecule has 0 radical (unpaired) electrons. The minimum absolute atomic E-state index is 0.209. The van der Waals surface area contributed by atoms with E-state index in [1.54, 1.807) is 12.1 Å². The van der Waals surface area contributed by atoms with Crippen molar-refractivity contribution >= 4 is 23.1 Å². The van der Waals surface area contributed by atoms with Crippen LogP contribution in [0, 0.1) is 5.82 Å². The van der Waals surface area contributed by atoms with E-state index in [9.17, 15) is 17.6 Å². The van der Waals surface area contributed by atoms with Crippen LogP contribution in [0.3, 0.4) is 0 Å². The lowest BCUT2D eigenvalue weighted by Crippen LogP contribution is -2.30. The number of halogens is 4. The molecule has 2 N–H and O–H groups in total. The van der Waals surface area contributed by atoms with Crippen LogP contribution in [-0.2, 0) is 12.6 Å². The van der Waals surface area contributed by atoms with E-state index in [0.29, 0.717) is 13.0 Å². The highest BCUT2D eigenvalue weighted by Crippen LogP contribution is 2.28. The molecule has 2 rings (SSSR count). The summed E-state index contributed by atoms with van der Waals surface area (Å²) in [5, 5.41) is 5.80. The Morgan fingerprint density at radius 3 is 2.57 bits per heavy atom. The minimum Gasteiger partial charge on any atom is -0.362 e. The first kappa shape index (κ1) is 17.1. The van der Waals surface area contributed by atoms with E-state index in [4.69, 9.17) is 12.2 Å². The third-order valence-electron chi connectivity index (χ3n) is 2.92. The molecule has 23 heavy (non-hydrogen) atoms. The maximum absolute atomic E-state index is 13.0. The van der Waals surface area contributed by atoms with Gasteiger partial charge in [0.1, 0.15) is 11.6 Å². The monoisotopic (exact) mass is 343 g/mol. The van der Waals surface area contributed by atoms with Gasteiger partial charge in [0.15, 0.2) is 5.11 Å². The van der Waals surface area contributed by atoms with Crippen molar-refractivity contribution in [3.8, 4) is 0 Å². The van der Waals surface area contributed by atoms with Crippen LogP contribution >= 0.6 is 12.2 Å². The van der Waals surface area contributed by atoms with Gasteiger partial charge in [0.2, 0.25) is 0 Å². The summed E-state index contributed by atoms with van der Waals surface area (Å²) in [6.07, 6.45) is -3.13. The predicted octanol–water partition coefficient (Wildman–Crippen LogP) is 3.77. The van der Waals surface area contributed by atoms with E-state index in [1.165, 1.54) is 18.2 Å². The molecule has 122 valence electrons. The third kappa shape index (κ3) is 5.48. The highest BCUT2D eigenvalue weighted by molar-refractivity contribution is 7.80. The highest BCUT2D eigenvalue weighted by atomic mass is 32.1. The lowest BCUT2D eigenvalue weighted by molar-refractivity contribution is -0.137. The van der Waals surface area contributed by atoms with Gasteiger partial charge in [-0.05, 0) is 48.5 Å². The molecule has 0 saturated carbocycles. The van der Waals surface area contributed by atoms with Crippen molar-refractivity contribution in [2.75, 3.05) is 11.9 Å². The van der Waals surface area contributed by atoms with Gasteiger partial charge in [-0.3, -0.25) is 0 Å². The Kier molecular flexibility index (Phi) is 5.49. The molecular formula is C15H13F4N3S. The third-order valence-corrected chi connectivity index (χ3v) is 3.17. The number of thiocarbonyl (C=S) groups is 1. The molecule has 2 aromatic rings. The number of anilines is 1. The molecule has 0 spiro atoms. The number of pyridine rings is 1. The molecule has 1 aromatic carbocycles. The Bertz CT molecular complexity index is 671. The summed E-state index contributed by atoms with van der Waals surface area (Å²) in [6.45, 7) is 0.454. The summed E-state index contributed by atoms with van der Waals surface area (Å²) in [4.78, 5) is 3.65. The van der Waals surface area contributed by atoms with Gasteiger partial charge in [-0.2, -0.15) is 13.2 Å². The zero-order valence-electron chi connectivity index (χ0n) is 11.8. The Morgan fingerprint density at radius 2 is 1.96 bits per heavy atom. The lowest BCUT2D eigenvalue weighted by atomic mass is 10.1. The minimum atomic E-state index is -4.42. The van der Waals surface area contributed by atoms with Crippen LogP contribution in [0.25, 0.3) is 0 Å². The van der Waals surface area contributed by atoms with Crippen molar-refractivity contribution in [1.82, 2.24) is 10.3 Å². The number of benzene rings is 1. The predicted molar refractivity (Wildman–Crippen MR) is 83.6 cm³/mol. The number of hydrogen-bond donors (Lipinski definition) is 2. The maximum Gasteiger partial charge on any atom is 0.417 e. The van der Waals surface area contributed by atoms with Gasteiger partial charge in [0, 0.05) is 12.7 Å². The fraction of sp³-hybridized carbons (Fsp3) is 0.200. The molecule has 0 unspecified atom stereocenters. The van der Waals surface area contributed by atoms with Crippen LogP contribution in [0.4, 0.5) is 23.4 Å². The molecule has 0 bridgehead atoms. The summed E-state index contributed by atoms with van der Waals surface area (Å²) in [7, 11) is 0. The van der Waals surface area contributed by atoms with Crippen molar-refractivity contribution in [2.45, 2.75) is 12.6 Å². The zero-order chi connectivity index (χ0) is 16.9. The van der Waals surface area contributed by atoms with Gasteiger partial charge in [0.25, 0.3) is 0 Å². The molecule has 0 aliphatic heterocycles. The topological polar surface area (TPSA) is 37.0 Å². The summed E-state index contributed by atoms with van der Waals surface area (Å²) < 4.78 is 50.2. The quantitative estimate of drug-likeness (QED) is 0.655. The smallest absolute Gasteiger partial charge is 0.362 e. The van der Waals surface area contributed by atoms with Gasteiger partial charge in [-0.25, -0.2) is 9.37 Å². The first-order valence-electron chi connectivity index (χ1n) is 6.67. The van der Waals surface area contributed by atoms with Gasteiger partial charge in [-0.15, -0.1) is 0 Å². The van der Waals surface area contributed by atoms with Crippen LogP contribution in [0.2, 0.25) is 0 Å². The fourth-order valence-corrected chi connectivity index (χ4v) is 2.02. The van der Waals surface area contributed by atoms with Crippen molar-refractivity contribution in [3.05, 3.63) is 59.5 Å². The molecule has 0 amide bonds. The van der Waals surface area contributed by atoms with Crippen molar-refractivity contribution < 1.29 is 17.6 Å². The normalized spacial score (nSPS) is 11.1. The van der Waals surface area contributed by atoms with E-state index in [0.717, 1.165) is 17.8 Å². The number of hydrogen-bond acceptors (Lipinski definition) is 2. The van der Waals surface area contributed by atoms with Crippen LogP contribution in [0.5, 0.6) is 0 Å². The second-order valence-electron chi connectivity index (χ2n) is 4.69. The molecule has 0 aliphatic carbocycles. The summed E-state index contributed by atoms with van der Waals surface area (Å²) in [5.41, 5.74) is -0.0130. The first-order chi connectivity index (χ1) is 10.8. The number of rotatable bonds is 4. The van der Waals surface area contributed by atoms with Crippen LogP contribution in [0.1, 0.15) is 11.1 Å². The van der Waals surface area contributed by atoms with Crippen molar-refractivity contribution in [1.29, 1.82) is 0 Å². The van der Waals surface area contributed by atoms with E-state index in [2.05, 4.69) is 15.6 Å². The first-order valence-corrected chi connectivity index (χ1v) is 7.08. The highest BCUT2D eigenvalue weighted by Gasteiger charge is 2.30. The Balaban J connectivity index is 1.80. The Labute approximate surface area is 135 Å². The fourth-order valence-electron chi connectivity index (χ4n) is 1.81. The summed E-state index contributed by atoms with van der Waals surface area (Å²) in [6, 6.07) is 8.31. The molecule has 0 saturated heterocycles. The number of aromatic nitrogens is 1. The van der Waals surface area contributed by atoms with Crippen molar-refractivity contribution in [2.24, 2.45) is 0 Å². The van der Waals surface area contributed by atoms with E-state index >= 15 is 0 Å². The second-order valence-corrected chi connectivity index (χ2v) is 5.10. The van der Waals surface area contributed by atoms with Crippen LogP contribution in [0.15, 0.2) is 42.6 Å². The molecule has 1 aromatic heterocycles. The molecule has 1 heterocycles. The van der Waals surface area contributed by atoms with Gasteiger partial charge >= 0.3 is 6.18 Å². The molecule has 0 fully saturated rings. The Morgan fingerprint density at radius 1 is 1.17 bits per heavy atom. The van der Waals surface area contributed by atoms with Crippen LogP contribution in [-0.4, -0.2) is 16.6 Å². The van der Waals surface area contributed by atoms with Gasteiger partial charge in [-0.1, -0.05) is 12.1 Å². The molecule has 3 nitrogen and oxygen atoms in total. The SMILES string of the molecule is Fc1cccc(CCNC(=S)Nc2ccc(C(F)(F)F)cn2)c1. The average molecular weight is 343 g/mol. The van der Waals surface area contributed by atoms with E-state index in [1.807, 2.05) is 0 Å². The maximum atomic E-state index is 13.0. The number of nitrogens with zero attached hydrogens (tertiary/aromatic N) is 1. The van der Waals surface area contributed by atoms with Crippen molar-refractivity contribution in [3.63, 3.8) is 0 Å². The van der Waals surface area contributed by atoms with Crippen LogP contribution < -0.4 is 10.6 Å². The van der Waals surface area contributed by atoms with E-state index < -0.39 is 11.7 Å². The average Bonchev–Trinajstić information content (AvgIpc) is 2.47. The summed E-state index contributed by atoms with van der Waals surface area (Å²) >= 11 is 5.02. The standard InChI is InChI=1S/C15H13F4N3S/c16-12-3-1-2-10(8-12)6-7-20-14(23)22-13-5-4-11(9-21-13)15(17,18)19/h1-5,8-9H,6-7H2,(H2,20,21,22,23). The zero-order valence-corrected chi connectivity index (χ0v) is 12.6.